The minimum atomic E-state index is 0.423. The van der Waals surface area contributed by atoms with E-state index in [1.54, 1.807) is 0 Å². The monoisotopic (exact) mass is 322 g/mol. The first-order chi connectivity index (χ1) is 8.66. The highest BCUT2D eigenvalue weighted by molar-refractivity contribution is 9.10. The third-order valence-electron chi connectivity index (χ3n) is 3.57. The molecule has 0 amide bonds. The van der Waals surface area contributed by atoms with Crippen molar-refractivity contribution in [3.63, 3.8) is 0 Å². The number of hydrogen-bond acceptors (Lipinski definition) is 3. The normalized spacial score (nSPS) is 18.8. The molecule has 2 aromatic rings. The topological polar surface area (TPSA) is 16.1 Å². The Hall–Kier alpha value is -0.870. The summed E-state index contributed by atoms with van der Waals surface area (Å²) in [5, 5.41) is 2.20. The van der Waals surface area contributed by atoms with Crippen molar-refractivity contribution in [2.24, 2.45) is 0 Å². The zero-order valence-electron chi connectivity index (χ0n) is 10.5. The summed E-state index contributed by atoms with van der Waals surface area (Å²) in [6.07, 6.45) is 3.02. The Labute approximate surface area is 120 Å². The Morgan fingerprint density at radius 3 is 3.11 bits per heavy atom. The van der Waals surface area contributed by atoms with Gasteiger partial charge in [0.2, 0.25) is 0 Å². The first-order valence-electron chi connectivity index (χ1n) is 6.12. The number of hydrogen-bond donors (Lipinski definition) is 0. The summed E-state index contributed by atoms with van der Waals surface area (Å²) in [4.78, 5) is 8.54. The van der Waals surface area contributed by atoms with E-state index < -0.39 is 0 Å². The van der Waals surface area contributed by atoms with E-state index in [1.807, 2.05) is 17.5 Å². The van der Waals surface area contributed by atoms with E-state index in [9.17, 15) is 0 Å². The average Bonchev–Trinajstić information content (AvgIpc) is 2.80. The number of halogens is 1. The maximum absolute atomic E-state index is 4.59. The van der Waals surface area contributed by atoms with Gasteiger partial charge in [0, 0.05) is 22.1 Å². The highest BCUT2D eigenvalue weighted by atomic mass is 79.9. The van der Waals surface area contributed by atoms with Gasteiger partial charge in [-0.15, -0.1) is 11.3 Å². The van der Waals surface area contributed by atoms with Crippen molar-refractivity contribution in [1.29, 1.82) is 0 Å². The fourth-order valence-electron chi connectivity index (χ4n) is 2.63. The second-order valence-electron chi connectivity index (χ2n) is 4.71. The number of rotatable bonds is 1. The van der Waals surface area contributed by atoms with Crippen LogP contribution in [0.25, 0.3) is 0 Å². The van der Waals surface area contributed by atoms with Gasteiger partial charge in [0.15, 0.2) is 0 Å². The predicted octanol–water partition coefficient (Wildman–Crippen LogP) is 4.34. The van der Waals surface area contributed by atoms with Crippen molar-refractivity contribution in [2.75, 3.05) is 11.4 Å². The maximum atomic E-state index is 4.59. The lowest BCUT2D eigenvalue weighted by molar-refractivity contribution is 0.623. The SMILES string of the molecule is Cc1cc(Br)cnc1N1CCc2sccc2C1C. The van der Waals surface area contributed by atoms with Gasteiger partial charge < -0.3 is 4.90 Å². The number of fused-ring (bicyclic) bond motifs is 1. The highest BCUT2D eigenvalue weighted by Gasteiger charge is 2.26. The molecule has 0 spiro atoms. The molecule has 94 valence electrons. The van der Waals surface area contributed by atoms with Crippen LogP contribution in [0.2, 0.25) is 0 Å². The second-order valence-corrected chi connectivity index (χ2v) is 6.63. The Morgan fingerprint density at radius 1 is 1.50 bits per heavy atom. The van der Waals surface area contributed by atoms with Gasteiger partial charge in [-0.25, -0.2) is 4.98 Å². The molecule has 4 heteroatoms. The lowest BCUT2D eigenvalue weighted by atomic mass is 10.0. The van der Waals surface area contributed by atoms with Gasteiger partial charge in [-0.05, 0) is 64.8 Å². The molecule has 3 heterocycles. The predicted molar refractivity (Wildman–Crippen MR) is 80.5 cm³/mol. The quantitative estimate of drug-likeness (QED) is 0.776. The number of aromatic nitrogens is 1. The summed E-state index contributed by atoms with van der Waals surface area (Å²) in [6, 6.07) is 4.82. The number of thiophene rings is 1. The Balaban J connectivity index is 1.99. The summed E-state index contributed by atoms with van der Waals surface area (Å²) >= 11 is 5.35. The standard InChI is InChI=1S/C14H15BrN2S/c1-9-7-11(15)8-16-14(9)17-5-3-13-12(10(17)2)4-6-18-13/h4,6-8,10H,3,5H2,1-2H3. The van der Waals surface area contributed by atoms with Crippen molar-refractivity contribution >= 4 is 33.1 Å². The fraction of sp³-hybridized carbons (Fsp3) is 0.357. The first kappa shape index (κ1) is 12.2. The molecule has 18 heavy (non-hydrogen) atoms. The Morgan fingerprint density at radius 2 is 2.33 bits per heavy atom. The van der Waals surface area contributed by atoms with Crippen LogP contribution < -0.4 is 4.90 Å². The third-order valence-corrected chi connectivity index (χ3v) is 5.00. The van der Waals surface area contributed by atoms with Crippen molar-refractivity contribution in [2.45, 2.75) is 26.3 Å². The first-order valence-corrected chi connectivity index (χ1v) is 7.79. The van der Waals surface area contributed by atoms with Crippen LogP contribution in [0.1, 0.15) is 29.0 Å². The van der Waals surface area contributed by atoms with Gasteiger partial charge in [0.05, 0.1) is 6.04 Å². The van der Waals surface area contributed by atoms with Crippen LogP contribution in [0.15, 0.2) is 28.2 Å². The molecule has 2 nitrogen and oxygen atoms in total. The van der Waals surface area contributed by atoms with Crippen molar-refractivity contribution in [3.05, 3.63) is 44.2 Å². The van der Waals surface area contributed by atoms with Crippen LogP contribution in [0.4, 0.5) is 5.82 Å². The van der Waals surface area contributed by atoms with E-state index in [4.69, 9.17) is 0 Å². The summed E-state index contributed by atoms with van der Waals surface area (Å²) in [7, 11) is 0. The third kappa shape index (κ3) is 1.97. The number of pyridine rings is 1. The molecule has 0 saturated heterocycles. The molecule has 0 aliphatic carbocycles. The second kappa shape index (κ2) is 4.67. The smallest absolute Gasteiger partial charge is 0.132 e. The number of anilines is 1. The van der Waals surface area contributed by atoms with Crippen molar-refractivity contribution < 1.29 is 0 Å². The minimum Gasteiger partial charge on any atom is -0.349 e. The van der Waals surface area contributed by atoms with E-state index in [0.29, 0.717) is 6.04 Å². The van der Waals surface area contributed by atoms with E-state index in [-0.39, 0.29) is 0 Å². The Bertz CT molecular complexity index is 579. The molecule has 0 aromatic carbocycles. The van der Waals surface area contributed by atoms with Gasteiger partial charge in [-0.1, -0.05) is 0 Å². The lowest BCUT2D eigenvalue weighted by Crippen LogP contribution is -2.34. The van der Waals surface area contributed by atoms with Gasteiger partial charge in [0.25, 0.3) is 0 Å². The molecule has 1 aliphatic rings. The molecule has 0 fully saturated rings. The fourth-order valence-corrected chi connectivity index (χ4v) is 4.04. The number of nitrogens with zero attached hydrogens (tertiary/aromatic N) is 2. The lowest BCUT2D eigenvalue weighted by Gasteiger charge is -2.35. The zero-order chi connectivity index (χ0) is 12.7. The average molecular weight is 323 g/mol. The largest absolute Gasteiger partial charge is 0.349 e. The Kier molecular flexibility index (Phi) is 3.16. The number of aryl methyl sites for hydroxylation is 1. The van der Waals surface area contributed by atoms with Gasteiger partial charge in [0.1, 0.15) is 5.82 Å². The molecule has 0 N–H and O–H groups in total. The van der Waals surface area contributed by atoms with E-state index in [1.165, 1.54) is 16.0 Å². The molecule has 1 unspecified atom stereocenters. The van der Waals surface area contributed by atoms with E-state index in [0.717, 1.165) is 23.3 Å². The van der Waals surface area contributed by atoms with E-state index >= 15 is 0 Å². The van der Waals surface area contributed by atoms with Crippen molar-refractivity contribution in [3.8, 4) is 0 Å². The highest BCUT2D eigenvalue weighted by Crippen LogP contribution is 2.36. The molecule has 0 radical (unpaired) electrons. The minimum absolute atomic E-state index is 0.423. The molecule has 3 rings (SSSR count). The van der Waals surface area contributed by atoms with Crippen LogP contribution in [-0.2, 0) is 6.42 Å². The van der Waals surface area contributed by atoms with Gasteiger partial charge in [-0.2, -0.15) is 0 Å². The van der Waals surface area contributed by atoms with Crippen LogP contribution in [0.3, 0.4) is 0 Å². The molecule has 1 aliphatic heterocycles. The molecular formula is C14H15BrN2S. The summed E-state index contributed by atoms with van der Waals surface area (Å²) < 4.78 is 1.05. The maximum Gasteiger partial charge on any atom is 0.132 e. The van der Waals surface area contributed by atoms with Crippen LogP contribution in [-0.4, -0.2) is 11.5 Å². The molecule has 2 aromatic heterocycles. The van der Waals surface area contributed by atoms with Crippen LogP contribution >= 0.6 is 27.3 Å². The van der Waals surface area contributed by atoms with Crippen molar-refractivity contribution in [1.82, 2.24) is 4.98 Å². The summed E-state index contributed by atoms with van der Waals surface area (Å²) in [6.45, 7) is 5.46. The van der Waals surface area contributed by atoms with Gasteiger partial charge >= 0.3 is 0 Å². The summed E-state index contributed by atoms with van der Waals surface area (Å²) in [5.41, 5.74) is 2.70. The molecule has 0 bridgehead atoms. The van der Waals surface area contributed by atoms with Crippen LogP contribution in [0, 0.1) is 6.92 Å². The molecular weight excluding hydrogens is 308 g/mol. The van der Waals surface area contributed by atoms with Crippen LogP contribution in [0.5, 0.6) is 0 Å². The zero-order valence-corrected chi connectivity index (χ0v) is 12.9. The summed E-state index contributed by atoms with van der Waals surface area (Å²) in [5.74, 6) is 1.11. The van der Waals surface area contributed by atoms with Gasteiger partial charge in [-0.3, -0.25) is 0 Å². The molecule has 0 saturated carbocycles. The van der Waals surface area contributed by atoms with E-state index in [2.05, 4.69) is 57.2 Å². The molecule has 1 atom stereocenters.